The van der Waals surface area contributed by atoms with Gasteiger partial charge in [0.1, 0.15) is 0 Å². The summed E-state index contributed by atoms with van der Waals surface area (Å²) < 4.78 is 5.28. The molecule has 5 heteroatoms. The molecule has 2 aromatic rings. The summed E-state index contributed by atoms with van der Waals surface area (Å²) in [5, 5.41) is 5.74. The molecule has 1 aromatic carbocycles. The Morgan fingerprint density at radius 1 is 1.28 bits per heavy atom. The summed E-state index contributed by atoms with van der Waals surface area (Å²) in [7, 11) is 1.78. The molecular formula is C20H25N3O2. The highest BCUT2D eigenvalue weighted by atomic mass is 16.6. The minimum absolute atomic E-state index is 0.362. The van der Waals surface area contributed by atoms with E-state index in [2.05, 4.69) is 41.3 Å². The zero-order valence-electron chi connectivity index (χ0n) is 14.8. The molecule has 0 spiro atoms. The number of amides is 1. The number of hydrogen-bond acceptors (Lipinski definition) is 4. The molecule has 1 amide bonds. The van der Waals surface area contributed by atoms with Crippen LogP contribution in [0, 0.1) is 5.92 Å². The Bertz CT molecular complexity index is 701. The first-order chi connectivity index (χ1) is 12.1. The molecule has 0 saturated heterocycles. The van der Waals surface area contributed by atoms with Gasteiger partial charge in [-0.15, -0.1) is 0 Å². The Morgan fingerprint density at radius 3 is 2.76 bits per heavy atom. The second kappa shape index (κ2) is 9.47. The fraction of sp³-hybridized carbons (Fsp3) is 0.300. The van der Waals surface area contributed by atoms with Crippen LogP contribution in [-0.4, -0.2) is 24.7 Å². The maximum Gasteiger partial charge on any atom is 0.412 e. The number of pyridine rings is 1. The van der Waals surface area contributed by atoms with Crippen molar-refractivity contribution in [1.29, 1.82) is 0 Å². The number of aryl methyl sites for hydroxylation is 1. The molecule has 1 heterocycles. The highest BCUT2D eigenvalue weighted by molar-refractivity contribution is 5.71. The number of carbonyl (C=O) groups excluding carboxylic acids is 1. The van der Waals surface area contributed by atoms with Gasteiger partial charge in [-0.3, -0.25) is 4.98 Å². The summed E-state index contributed by atoms with van der Waals surface area (Å²) in [4.78, 5) is 16.0. The third-order valence-electron chi connectivity index (χ3n) is 3.94. The minimum Gasteiger partial charge on any atom is -0.409 e. The number of nitrogens with one attached hydrogen (secondary N) is 2. The smallest absolute Gasteiger partial charge is 0.409 e. The summed E-state index contributed by atoms with van der Waals surface area (Å²) in [5.74, 6) is 0.754. The number of nitrogens with zero attached hydrogens (tertiary/aromatic N) is 1. The van der Waals surface area contributed by atoms with Crippen LogP contribution >= 0.6 is 0 Å². The van der Waals surface area contributed by atoms with Crippen molar-refractivity contribution >= 4 is 11.8 Å². The normalized spacial score (nSPS) is 11.4. The van der Waals surface area contributed by atoms with Gasteiger partial charge in [-0.05, 0) is 30.4 Å². The number of hydrogen-bond donors (Lipinski definition) is 2. The van der Waals surface area contributed by atoms with E-state index in [1.54, 1.807) is 19.3 Å². The Kier molecular flexibility index (Phi) is 7.01. The van der Waals surface area contributed by atoms with Crippen LogP contribution in [0.15, 0.2) is 55.4 Å². The van der Waals surface area contributed by atoms with Crippen molar-refractivity contribution in [3.8, 4) is 5.75 Å². The van der Waals surface area contributed by atoms with E-state index in [0.29, 0.717) is 23.9 Å². The Balaban J connectivity index is 1.75. The number of rotatable bonds is 8. The first kappa shape index (κ1) is 18.5. The van der Waals surface area contributed by atoms with Crippen LogP contribution in [0.1, 0.15) is 24.5 Å². The predicted octanol–water partition coefficient (Wildman–Crippen LogP) is 3.63. The summed E-state index contributed by atoms with van der Waals surface area (Å²) in [6.07, 6.45) is 4.70. The van der Waals surface area contributed by atoms with Gasteiger partial charge in [-0.1, -0.05) is 43.8 Å². The van der Waals surface area contributed by atoms with Crippen molar-refractivity contribution in [2.24, 2.45) is 5.92 Å². The van der Waals surface area contributed by atoms with Crippen LogP contribution in [0.3, 0.4) is 0 Å². The monoisotopic (exact) mass is 339 g/mol. The van der Waals surface area contributed by atoms with Crippen molar-refractivity contribution in [1.82, 2.24) is 15.6 Å². The van der Waals surface area contributed by atoms with E-state index in [9.17, 15) is 4.79 Å². The topological polar surface area (TPSA) is 63.3 Å². The fourth-order valence-corrected chi connectivity index (χ4v) is 2.34. The van der Waals surface area contributed by atoms with Gasteiger partial charge in [-0.2, -0.15) is 0 Å². The van der Waals surface area contributed by atoms with Gasteiger partial charge in [0.05, 0.1) is 6.20 Å². The van der Waals surface area contributed by atoms with Gasteiger partial charge in [-0.25, -0.2) is 4.79 Å². The highest BCUT2D eigenvalue weighted by Gasteiger charge is 2.09. The molecule has 0 bridgehead atoms. The third kappa shape index (κ3) is 6.30. The molecule has 0 aliphatic carbocycles. The van der Waals surface area contributed by atoms with E-state index in [1.807, 2.05) is 18.2 Å². The van der Waals surface area contributed by atoms with Crippen LogP contribution in [0.4, 0.5) is 4.79 Å². The first-order valence-electron chi connectivity index (χ1n) is 8.40. The van der Waals surface area contributed by atoms with Crippen molar-refractivity contribution in [2.45, 2.75) is 19.8 Å². The van der Waals surface area contributed by atoms with E-state index in [4.69, 9.17) is 4.74 Å². The van der Waals surface area contributed by atoms with E-state index < -0.39 is 6.09 Å². The lowest BCUT2D eigenvalue weighted by Gasteiger charge is -2.13. The van der Waals surface area contributed by atoms with E-state index in [1.165, 1.54) is 11.8 Å². The van der Waals surface area contributed by atoms with Crippen molar-refractivity contribution < 1.29 is 9.53 Å². The van der Waals surface area contributed by atoms with Gasteiger partial charge in [0.25, 0.3) is 0 Å². The van der Waals surface area contributed by atoms with Crippen LogP contribution in [-0.2, 0) is 6.42 Å². The van der Waals surface area contributed by atoms with Gasteiger partial charge in [0, 0.05) is 31.0 Å². The predicted molar refractivity (Wildman–Crippen MR) is 100 cm³/mol. The second-order valence-corrected chi connectivity index (χ2v) is 6.04. The van der Waals surface area contributed by atoms with Gasteiger partial charge in [0.2, 0.25) is 0 Å². The highest BCUT2D eigenvalue weighted by Crippen LogP contribution is 2.16. The van der Waals surface area contributed by atoms with Gasteiger partial charge >= 0.3 is 6.09 Å². The fourth-order valence-electron chi connectivity index (χ4n) is 2.34. The third-order valence-corrected chi connectivity index (χ3v) is 3.94. The van der Waals surface area contributed by atoms with Crippen molar-refractivity contribution in [3.05, 3.63) is 66.5 Å². The average Bonchev–Trinajstić information content (AvgIpc) is 2.65. The quantitative estimate of drug-likeness (QED) is 0.771. The maximum atomic E-state index is 11.9. The molecule has 0 aliphatic heterocycles. The molecular weight excluding hydrogens is 314 g/mol. The molecule has 0 saturated carbocycles. The molecule has 1 aromatic heterocycles. The second-order valence-electron chi connectivity index (χ2n) is 6.04. The molecule has 2 rings (SSSR count). The molecule has 132 valence electrons. The Labute approximate surface area is 149 Å². The molecule has 0 radical (unpaired) electrons. The standard InChI is InChI=1S/C20H25N3O2/c1-15(9-10-17-7-5-4-6-8-17)12-23-20(24)25-19-11-18(13-22-14-19)16(2)21-3/h4-8,11,13-15,21H,2,9-10,12H2,1,3H3,(H,23,24). The average molecular weight is 339 g/mol. The molecule has 5 nitrogen and oxygen atoms in total. The summed E-state index contributed by atoms with van der Waals surface area (Å²) in [6.45, 7) is 6.55. The molecule has 1 atom stereocenters. The van der Waals surface area contributed by atoms with Crippen molar-refractivity contribution in [2.75, 3.05) is 13.6 Å². The van der Waals surface area contributed by atoms with Crippen LogP contribution in [0.5, 0.6) is 5.75 Å². The molecule has 0 aliphatic rings. The largest absolute Gasteiger partial charge is 0.412 e. The minimum atomic E-state index is -0.472. The van der Waals surface area contributed by atoms with E-state index in [-0.39, 0.29) is 0 Å². The molecule has 1 unspecified atom stereocenters. The van der Waals surface area contributed by atoms with E-state index in [0.717, 1.165) is 18.4 Å². The van der Waals surface area contributed by atoms with Gasteiger partial charge in [0.15, 0.2) is 5.75 Å². The van der Waals surface area contributed by atoms with Crippen LogP contribution in [0.25, 0.3) is 5.70 Å². The number of carbonyl (C=O) groups is 1. The molecule has 2 N–H and O–H groups in total. The lowest BCUT2D eigenvalue weighted by atomic mass is 10.0. The number of aromatic nitrogens is 1. The lowest BCUT2D eigenvalue weighted by molar-refractivity contribution is 0.198. The Morgan fingerprint density at radius 2 is 2.04 bits per heavy atom. The van der Waals surface area contributed by atoms with E-state index >= 15 is 0 Å². The maximum absolute atomic E-state index is 11.9. The Hall–Kier alpha value is -2.82. The number of benzene rings is 1. The summed E-state index contributed by atoms with van der Waals surface area (Å²) in [6, 6.07) is 12.1. The SMILES string of the molecule is C=C(NC)c1cncc(OC(=O)NCC(C)CCc2ccccc2)c1. The van der Waals surface area contributed by atoms with Crippen LogP contribution in [0.2, 0.25) is 0 Å². The lowest BCUT2D eigenvalue weighted by Crippen LogP contribution is -2.31. The van der Waals surface area contributed by atoms with Crippen molar-refractivity contribution in [3.63, 3.8) is 0 Å². The molecule has 25 heavy (non-hydrogen) atoms. The molecule has 0 fully saturated rings. The summed E-state index contributed by atoms with van der Waals surface area (Å²) >= 11 is 0. The van der Waals surface area contributed by atoms with Gasteiger partial charge < -0.3 is 15.4 Å². The zero-order valence-corrected chi connectivity index (χ0v) is 14.8. The zero-order chi connectivity index (χ0) is 18.1. The summed E-state index contributed by atoms with van der Waals surface area (Å²) in [5.41, 5.74) is 2.81. The van der Waals surface area contributed by atoms with Crippen LogP contribution < -0.4 is 15.4 Å². The number of ether oxygens (including phenoxy) is 1. The first-order valence-corrected chi connectivity index (χ1v) is 8.40.